The summed E-state index contributed by atoms with van der Waals surface area (Å²) in [5.74, 6) is 0.755. The Bertz CT molecular complexity index is 441. The van der Waals surface area contributed by atoms with E-state index in [0.29, 0.717) is 30.4 Å². The van der Waals surface area contributed by atoms with E-state index in [4.69, 9.17) is 9.47 Å². The van der Waals surface area contributed by atoms with Crippen LogP contribution in [0.5, 0.6) is 5.75 Å². The lowest BCUT2D eigenvalue weighted by Gasteiger charge is -2.14. The number of benzene rings is 1. The number of carbonyl (C=O) groups excluding carboxylic acids is 1. The minimum atomic E-state index is -0.336. The Morgan fingerprint density at radius 1 is 1.26 bits per heavy atom. The molecule has 0 aliphatic heterocycles. The highest BCUT2D eigenvalue weighted by Crippen LogP contribution is 2.32. The lowest BCUT2D eigenvalue weighted by Crippen LogP contribution is -2.10. The van der Waals surface area contributed by atoms with E-state index in [0.717, 1.165) is 16.5 Å². The first-order valence-electron chi connectivity index (χ1n) is 6.61. The third-order valence-corrected chi connectivity index (χ3v) is 3.12. The molecule has 1 aromatic carbocycles. The van der Waals surface area contributed by atoms with Crippen LogP contribution in [0.4, 0.5) is 0 Å². The van der Waals surface area contributed by atoms with E-state index in [1.807, 2.05) is 19.1 Å². The van der Waals surface area contributed by atoms with Crippen molar-refractivity contribution in [2.75, 3.05) is 13.2 Å². The van der Waals surface area contributed by atoms with Gasteiger partial charge in [0.15, 0.2) is 0 Å². The molecule has 0 heterocycles. The van der Waals surface area contributed by atoms with Crippen molar-refractivity contribution in [3.63, 3.8) is 0 Å². The van der Waals surface area contributed by atoms with Crippen molar-refractivity contribution in [1.29, 1.82) is 0 Å². The maximum atomic E-state index is 12.0. The fourth-order valence-corrected chi connectivity index (χ4v) is 2.51. The molecule has 1 rings (SSSR count). The Labute approximate surface area is 123 Å². The third-order valence-electron chi connectivity index (χ3n) is 2.53. The van der Waals surface area contributed by atoms with Crippen molar-refractivity contribution in [1.82, 2.24) is 0 Å². The molecule has 0 saturated heterocycles. The van der Waals surface area contributed by atoms with Crippen LogP contribution in [0.1, 0.15) is 43.6 Å². The number of carbonyl (C=O) groups is 1. The van der Waals surface area contributed by atoms with Crippen LogP contribution in [-0.4, -0.2) is 19.2 Å². The van der Waals surface area contributed by atoms with Crippen LogP contribution in [0, 0.1) is 5.92 Å². The van der Waals surface area contributed by atoms with Gasteiger partial charge >= 0.3 is 5.97 Å². The first-order valence-corrected chi connectivity index (χ1v) is 7.41. The van der Waals surface area contributed by atoms with E-state index >= 15 is 0 Å². The van der Waals surface area contributed by atoms with Crippen LogP contribution < -0.4 is 4.74 Å². The summed E-state index contributed by atoms with van der Waals surface area (Å²) in [4.78, 5) is 12.0. The highest BCUT2D eigenvalue weighted by atomic mass is 79.9. The Kier molecular flexibility index (Phi) is 6.35. The molecule has 0 radical (unpaired) electrons. The fourth-order valence-electron chi connectivity index (χ4n) is 1.89. The molecule has 1 aromatic rings. The van der Waals surface area contributed by atoms with Crippen molar-refractivity contribution in [2.45, 2.75) is 34.1 Å². The van der Waals surface area contributed by atoms with E-state index < -0.39 is 0 Å². The summed E-state index contributed by atoms with van der Waals surface area (Å²) in [5, 5.41) is 0. The quantitative estimate of drug-likeness (QED) is 0.733. The van der Waals surface area contributed by atoms with Gasteiger partial charge in [-0.2, -0.15) is 0 Å². The van der Waals surface area contributed by atoms with Crippen LogP contribution >= 0.6 is 15.9 Å². The second kappa shape index (κ2) is 7.53. The van der Waals surface area contributed by atoms with Gasteiger partial charge in [-0.15, -0.1) is 0 Å². The molecule has 3 nitrogen and oxygen atoms in total. The molecule has 0 fully saturated rings. The van der Waals surface area contributed by atoms with Gasteiger partial charge in [0.05, 0.1) is 17.7 Å². The summed E-state index contributed by atoms with van der Waals surface area (Å²) in [6, 6.07) is 3.88. The molecular formula is C15H21BrO3. The summed E-state index contributed by atoms with van der Waals surface area (Å²) in [5.41, 5.74) is 1.60. The summed E-state index contributed by atoms with van der Waals surface area (Å²) >= 11 is 3.48. The number of hydrogen-bond acceptors (Lipinski definition) is 3. The van der Waals surface area contributed by atoms with E-state index in [1.54, 1.807) is 6.92 Å². The highest BCUT2D eigenvalue weighted by molar-refractivity contribution is 9.10. The lowest BCUT2D eigenvalue weighted by atomic mass is 10.0. The molecule has 4 heteroatoms. The van der Waals surface area contributed by atoms with Gasteiger partial charge in [0.1, 0.15) is 11.3 Å². The molecule has 0 aliphatic rings. The molecule has 19 heavy (non-hydrogen) atoms. The highest BCUT2D eigenvalue weighted by Gasteiger charge is 2.18. The van der Waals surface area contributed by atoms with Crippen LogP contribution in [0.15, 0.2) is 16.6 Å². The minimum absolute atomic E-state index is 0.336. The molecule has 0 aliphatic carbocycles. The number of esters is 1. The van der Waals surface area contributed by atoms with Crippen molar-refractivity contribution < 1.29 is 14.3 Å². The topological polar surface area (TPSA) is 35.5 Å². The molecule has 106 valence electrons. The Morgan fingerprint density at radius 2 is 1.95 bits per heavy atom. The van der Waals surface area contributed by atoms with Crippen molar-refractivity contribution in [2.24, 2.45) is 5.92 Å². The zero-order valence-corrected chi connectivity index (χ0v) is 13.5. The average molecular weight is 329 g/mol. The van der Waals surface area contributed by atoms with Gasteiger partial charge in [-0.05, 0) is 59.8 Å². The van der Waals surface area contributed by atoms with Gasteiger partial charge in [0.25, 0.3) is 0 Å². The number of halogens is 1. The molecule has 0 aromatic heterocycles. The normalized spacial score (nSPS) is 10.6. The summed E-state index contributed by atoms with van der Waals surface area (Å²) in [7, 11) is 0. The van der Waals surface area contributed by atoms with Gasteiger partial charge < -0.3 is 9.47 Å². The largest absolute Gasteiger partial charge is 0.492 e. The maximum Gasteiger partial charge on any atom is 0.341 e. The van der Waals surface area contributed by atoms with Crippen LogP contribution in [-0.2, 0) is 11.2 Å². The van der Waals surface area contributed by atoms with Crippen LogP contribution in [0.2, 0.25) is 0 Å². The molecule has 0 amide bonds. The molecule has 0 spiro atoms. The van der Waals surface area contributed by atoms with E-state index in [9.17, 15) is 4.79 Å². The third kappa shape index (κ3) is 4.53. The predicted molar refractivity (Wildman–Crippen MR) is 79.8 cm³/mol. The smallest absolute Gasteiger partial charge is 0.341 e. The second-order valence-corrected chi connectivity index (χ2v) is 5.56. The summed E-state index contributed by atoms with van der Waals surface area (Å²) in [6.45, 7) is 8.85. The fraction of sp³-hybridized carbons (Fsp3) is 0.533. The lowest BCUT2D eigenvalue weighted by molar-refractivity contribution is 0.0521. The van der Waals surface area contributed by atoms with Crippen molar-refractivity contribution >= 4 is 21.9 Å². The van der Waals surface area contributed by atoms with Gasteiger partial charge in [0, 0.05) is 0 Å². The molecule has 0 unspecified atom stereocenters. The minimum Gasteiger partial charge on any atom is -0.492 e. The van der Waals surface area contributed by atoms with Gasteiger partial charge in [-0.1, -0.05) is 13.8 Å². The van der Waals surface area contributed by atoms with Crippen LogP contribution in [0.3, 0.4) is 0 Å². The zero-order valence-electron chi connectivity index (χ0n) is 12.0. The van der Waals surface area contributed by atoms with Gasteiger partial charge in [0.2, 0.25) is 0 Å². The van der Waals surface area contributed by atoms with Crippen molar-refractivity contribution in [3.05, 3.63) is 27.7 Å². The molecule has 0 N–H and O–H groups in total. The van der Waals surface area contributed by atoms with Crippen LogP contribution in [0.25, 0.3) is 0 Å². The SMILES string of the molecule is CCOC(=O)c1cc(CC(C)C)cc(Br)c1OCC. The van der Waals surface area contributed by atoms with Crippen molar-refractivity contribution in [3.8, 4) is 5.75 Å². The first kappa shape index (κ1) is 16.0. The van der Waals surface area contributed by atoms with E-state index in [-0.39, 0.29) is 5.97 Å². The zero-order chi connectivity index (χ0) is 14.4. The second-order valence-electron chi connectivity index (χ2n) is 4.71. The summed E-state index contributed by atoms with van der Waals surface area (Å²) in [6.07, 6.45) is 0.914. The van der Waals surface area contributed by atoms with Gasteiger partial charge in [-0.3, -0.25) is 0 Å². The number of ether oxygens (including phenoxy) is 2. The number of hydrogen-bond donors (Lipinski definition) is 0. The average Bonchev–Trinajstić information content (AvgIpc) is 2.31. The van der Waals surface area contributed by atoms with E-state index in [2.05, 4.69) is 29.8 Å². The first-order chi connectivity index (χ1) is 8.99. The molecule has 0 atom stereocenters. The Morgan fingerprint density at radius 3 is 2.47 bits per heavy atom. The maximum absolute atomic E-state index is 12.0. The molecule has 0 saturated carbocycles. The Hall–Kier alpha value is -1.03. The van der Waals surface area contributed by atoms with Gasteiger partial charge in [-0.25, -0.2) is 4.79 Å². The summed E-state index contributed by atoms with van der Waals surface area (Å²) < 4.78 is 11.4. The monoisotopic (exact) mass is 328 g/mol. The standard InChI is InChI=1S/C15H21BrO3/c1-5-18-14-12(15(17)19-6-2)8-11(7-10(3)4)9-13(14)16/h8-10H,5-7H2,1-4H3. The molecular weight excluding hydrogens is 308 g/mol. The number of rotatable bonds is 6. The molecule has 0 bridgehead atoms. The Balaban J connectivity index is 3.20. The predicted octanol–water partition coefficient (Wildman–Crippen LogP) is 4.22. The van der Waals surface area contributed by atoms with E-state index in [1.165, 1.54) is 0 Å².